The summed E-state index contributed by atoms with van der Waals surface area (Å²) in [6.07, 6.45) is 2.35. The van der Waals surface area contributed by atoms with Gasteiger partial charge in [-0.25, -0.2) is 0 Å². The third-order valence-corrected chi connectivity index (χ3v) is 5.81. The van der Waals surface area contributed by atoms with Crippen molar-refractivity contribution in [1.82, 2.24) is 10.2 Å². The van der Waals surface area contributed by atoms with Gasteiger partial charge in [0, 0.05) is 17.6 Å². The van der Waals surface area contributed by atoms with E-state index in [1.807, 2.05) is 0 Å². The summed E-state index contributed by atoms with van der Waals surface area (Å²) in [5, 5.41) is 12.1. The molecular weight excluding hydrogens is 338 g/mol. The van der Waals surface area contributed by atoms with Crippen LogP contribution in [0.5, 0.6) is 11.5 Å². The van der Waals surface area contributed by atoms with Gasteiger partial charge in [-0.05, 0) is 87.3 Å². The van der Waals surface area contributed by atoms with Gasteiger partial charge in [-0.1, -0.05) is 0 Å². The van der Waals surface area contributed by atoms with Crippen molar-refractivity contribution in [3.8, 4) is 17.6 Å². The molecule has 3 aliphatic heterocycles. The van der Waals surface area contributed by atoms with Gasteiger partial charge in [-0.15, -0.1) is 0 Å². The number of nitrogens with one attached hydrogen (secondary N) is 1. The van der Waals surface area contributed by atoms with Crippen molar-refractivity contribution in [3.63, 3.8) is 0 Å². The van der Waals surface area contributed by atoms with E-state index in [1.54, 1.807) is 48.5 Å². The molecule has 1 amide bonds. The minimum Gasteiger partial charge on any atom is -0.457 e. The number of carbonyl (C=O) groups is 1. The first kappa shape index (κ1) is 17.6. The summed E-state index contributed by atoms with van der Waals surface area (Å²) < 4.78 is 5.77. The smallest absolute Gasteiger partial charge is 0.251 e. The lowest BCUT2D eigenvalue weighted by Crippen LogP contribution is -2.62. The second kappa shape index (κ2) is 7.42. The number of rotatable bonds is 4. The van der Waals surface area contributed by atoms with Crippen LogP contribution in [0.2, 0.25) is 0 Å². The highest BCUT2D eigenvalue weighted by Crippen LogP contribution is 2.32. The third-order valence-electron chi connectivity index (χ3n) is 5.81. The minimum absolute atomic E-state index is 0.0227. The van der Waals surface area contributed by atoms with Crippen molar-refractivity contribution in [1.29, 1.82) is 5.26 Å². The number of hydrogen-bond donors (Lipinski definition) is 1. The van der Waals surface area contributed by atoms with Crippen LogP contribution in [0.3, 0.4) is 0 Å². The molecule has 0 spiro atoms. The van der Waals surface area contributed by atoms with Crippen LogP contribution >= 0.6 is 0 Å². The lowest BCUT2D eigenvalue weighted by Gasteiger charge is -2.49. The summed E-state index contributed by atoms with van der Waals surface area (Å²) >= 11 is 0. The highest BCUT2D eigenvalue weighted by Gasteiger charge is 2.40. The van der Waals surface area contributed by atoms with Crippen molar-refractivity contribution < 1.29 is 9.53 Å². The number of nitriles is 1. The van der Waals surface area contributed by atoms with Crippen LogP contribution in [0.1, 0.15) is 35.7 Å². The van der Waals surface area contributed by atoms with Gasteiger partial charge in [0.2, 0.25) is 0 Å². The number of fused-ring (bicyclic) bond motifs is 3. The first-order valence-corrected chi connectivity index (χ1v) is 9.47. The molecule has 0 saturated carbocycles. The number of piperidine rings is 3. The van der Waals surface area contributed by atoms with Gasteiger partial charge in [0.05, 0.1) is 11.6 Å². The predicted molar refractivity (Wildman–Crippen MR) is 103 cm³/mol. The van der Waals surface area contributed by atoms with Gasteiger partial charge in [0.25, 0.3) is 5.91 Å². The summed E-state index contributed by atoms with van der Waals surface area (Å²) in [5.41, 5.74) is 1.24. The molecule has 2 bridgehead atoms. The maximum absolute atomic E-state index is 12.7. The normalized spacial score (nSPS) is 26.2. The van der Waals surface area contributed by atoms with Crippen LogP contribution in [0.25, 0.3) is 0 Å². The van der Waals surface area contributed by atoms with Crippen molar-refractivity contribution in [3.05, 3.63) is 59.7 Å². The molecule has 5 heteroatoms. The quantitative estimate of drug-likeness (QED) is 0.904. The molecule has 0 aromatic heterocycles. The zero-order chi connectivity index (χ0) is 18.8. The van der Waals surface area contributed by atoms with Gasteiger partial charge >= 0.3 is 0 Å². The second-order valence-corrected chi connectivity index (χ2v) is 7.38. The molecule has 0 aliphatic carbocycles. The fourth-order valence-corrected chi connectivity index (χ4v) is 4.19. The van der Waals surface area contributed by atoms with Crippen LogP contribution in [-0.4, -0.2) is 36.0 Å². The van der Waals surface area contributed by atoms with Crippen LogP contribution in [-0.2, 0) is 0 Å². The molecule has 138 valence electrons. The van der Waals surface area contributed by atoms with Crippen molar-refractivity contribution in [2.75, 3.05) is 13.1 Å². The summed E-state index contributed by atoms with van der Waals surface area (Å²) in [4.78, 5) is 15.1. The number of carbonyl (C=O) groups excluding carboxylic acids is 1. The van der Waals surface area contributed by atoms with Crippen LogP contribution < -0.4 is 10.1 Å². The molecule has 2 aromatic carbocycles. The maximum Gasteiger partial charge on any atom is 0.251 e. The predicted octanol–water partition coefficient (Wildman–Crippen LogP) is 3.56. The SMILES string of the molecule is C[C@@H]1[C@H](NC(=O)c2ccc(Oc3ccc(C#N)cc3)cc2)C2CCN1CC2. The van der Waals surface area contributed by atoms with Gasteiger partial charge in [0.1, 0.15) is 11.5 Å². The summed E-state index contributed by atoms with van der Waals surface area (Å²) in [6.45, 7) is 4.52. The Bertz CT molecular complexity index is 845. The Balaban J connectivity index is 1.39. The maximum atomic E-state index is 12.7. The van der Waals surface area contributed by atoms with Crippen molar-refractivity contribution in [2.24, 2.45) is 5.92 Å². The van der Waals surface area contributed by atoms with Gasteiger partial charge in [-0.3, -0.25) is 9.69 Å². The molecule has 1 N–H and O–H groups in total. The topological polar surface area (TPSA) is 65.4 Å². The lowest BCUT2D eigenvalue weighted by atomic mass is 9.79. The van der Waals surface area contributed by atoms with E-state index in [1.165, 1.54) is 12.8 Å². The average Bonchev–Trinajstić information content (AvgIpc) is 2.72. The highest BCUT2D eigenvalue weighted by atomic mass is 16.5. The summed E-state index contributed by atoms with van der Waals surface area (Å²) in [5.74, 6) is 1.89. The monoisotopic (exact) mass is 361 g/mol. The zero-order valence-corrected chi connectivity index (χ0v) is 15.4. The molecule has 2 atom stereocenters. The zero-order valence-electron chi connectivity index (χ0n) is 15.4. The fourth-order valence-electron chi connectivity index (χ4n) is 4.19. The van der Waals surface area contributed by atoms with E-state index in [9.17, 15) is 4.79 Å². The molecule has 0 unspecified atom stereocenters. The number of amides is 1. The van der Waals surface area contributed by atoms with Crippen molar-refractivity contribution in [2.45, 2.75) is 31.8 Å². The Morgan fingerprint density at radius 1 is 1.07 bits per heavy atom. The summed E-state index contributed by atoms with van der Waals surface area (Å²) in [7, 11) is 0. The van der Waals surface area contributed by atoms with Crippen molar-refractivity contribution >= 4 is 5.91 Å². The molecule has 3 aliphatic rings. The van der Waals surface area contributed by atoms with E-state index in [0.717, 1.165) is 13.1 Å². The third kappa shape index (κ3) is 3.67. The first-order chi connectivity index (χ1) is 13.1. The van der Waals surface area contributed by atoms with E-state index >= 15 is 0 Å². The Hall–Kier alpha value is -2.84. The largest absolute Gasteiger partial charge is 0.457 e. The molecule has 3 fully saturated rings. The van der Waals surface area contributed by atoms with E-state index in [-0.39, 0.29) is 11.9 Å². The van der Waals surface area contributed by atoms with Crippen LogP contribution in [0, 0.1) is 17.2 Å². The fraction of sp³-hybridized carbons (Fsp3) is 0.364. The molecule has 3 heterocycles. The van der Waals surface area contributed by atoms with Gasteiger partial charge < -0.3 is 10.1 Å². The molecule has 27 heavy (non-hydrogen) atoms. The molecule has 0 radical (unpaired) electrons. The Morgan fingerprint density at radius 2 is 1.67 bits per heavy atom. The second-order valence-electron chi connectivity index (χ2n) is 7.38. The number of hydrogen-bond acceptors (Lipinski definition) is 4. The van der Waals surface area contributed by atoms with E-state index in [0.29, 0.717) is 34.6 Å². The Morgan fingerprint density at radius 3 is 2.22 bits per heavy atom. The van der Waals surface area contributed by atoms with Crippen LogP contribution in [0.15, 0.2) is 48.5 Å². The minimum atomic E-state index is -0.0227. The number of ether oxygens (including phenoxy) is 1. The lowest BCUT2D eigenvalue weighted by molar-refractivity contribution is 0.0217. The standard InChI is InChI=1S/C22H23N3O2/c1-15-21(17-10-12-25(15)13-11-17)24-22(26)18-4-8-20(9-5-18)27-19-6-2-16(14-23)3-7-19/h2-9,15,17,21H,10-13H2,1H3,(H,24,26)/t15-,21+/m1/s1. The Labute approximate surface area is 159 Å². The molecule has 3 saturated heterocycles. The summed E-state index contributed by atoms with van der Waals surface area (Å²) in [6, 6.07) is 16.8. The molecule has 5 nitrogen and oxygen atoms in total. The number of benzene rings is 2. The molecule has 2 aromatic rings. The van der Waals surface area contributed by atoms with E-state index in [4.69, 9.17) is 10.00 Å². The van der Waals surface area contributed by atoms with Gasteiger partial charge in [0.15, 0.2) is 0 Å². The highest BCUT2D eigenvalue weighted by molar-refractivity contribution is 5.94. The average molecular weight is 361 g/mol. The number of nitrogens with zero attached hydrogens (tertiary/aromatic N) is 2. The first-order valence-electron chi connectivity index (χ1n) is 9.47. The van der Waals surface area contributed by atoms with Gasteiger partial charge in [-0.2, -0.15) is 5.26 Å². The van der Waals surface area contributed by atoms with E-state index in [2.05, 4.69) is 23.2 Å². The van der Waals surface area contributed by atoms with E-state index < -0.39 is 0 Å². The molecule has 5 rings (SSSR count). The molecular formula is C22H23N3O2. The Kier molecular flexibility index (Phi) is 4.83. The van der Waals surface area contributed by atoms with Crippen LogP contribution in [0.4, 0.5) is 0 Å².